The maximum Gasteiger partial charge on any atom is 0.323 e. The zero-order valence-electron chi connectivity index (χ0n) is 12.5. The normalized spacial score (nSPS) is 11.2. The number of esters is 2. The Kier molecular flexibility index (Phi) is 9.21. The Balaban J connectivity index is 4.84. The van der Waals surface area contributed by atoms with Gasteiger partial charge in [0.25, 0.3) is 0 Å². The summed E-state index contributed by atoms with van der Waals surface area (Å²) in [5, 5.41) is 0. The van der Waals surface area contributed by atoms with Crippen LogP contribution in [0.2, 0.25) is 0 Å². The molecule has 5 heteroatoms. The molecule has 0 saturated heterocycles. The van der Waals surface area contributed by atoms with Crippen LogP contribution >= 0.6 is 0 Å². The van der Waals surface area contributed by atoms with Gasteiger partial charge in [-0.2, -0.15) is 0 Å². The highest BCUT2D eigenvalue weighted by molar-refractivity contribution is 6.00. The fourth-order valence-corrected chi connectivity index (χ4v) is 1.91. The maximum atomic E-state index is 12.1. The van der Waals surface area contributed by atoms with Gasteiger partial charge >= 0.3 is 11.9 Å². The van der Waals surface area contributed by atoms with Crippen LogP contribution in [-0.4, -0.2) is 38.4 Å². The van der Waals surface area contributed by atoms with Gasteiger partial charge in [0.2, 0.25) is 0 Å². The minimum Gasteiger partial charge on any atom is -0.465 e. The van der Waals surface area contributed by atoms with Gasteiger partial charge in [0, 0.05) is 13.2 Å². The van der Waals surface area contributed by atoms with E-state index in [0.29, 0.717) is 32.5 Å². The average molecular weight is 274 g/mol. The van der Waals surface area contributed by atoms with E-state index >= 15 is 0 Å². The van der Waals surface area contributed by atoms with E-state index < -0.39 is 17.4 Å². The molecule has 0 unspecified atom stereocenters. The second kappa shape index (κ2) is 9.78. The van der Waals surface area contributed by atoms with E-state index in [2.05, 4.69) is 0 Å². The zero-order valence-corrected chi connectivity index (χ0v) is 12.5. The van der Waals surface area contributed by atoms with Gasteiger partial charge in [0.15, 0.2) is 5.41 Å². The SMILES string of the molecule is CCOCCCC(CC)(C(=O)OCC)C(=O)OCC. The molecule has 0 N–H and O–H groups in total. The van der Waals surface area contributed by atoms with Crippen LogP contribution in [0.25, 0.3) is 0 Å². The summed E-state index contributed by atoms with van der Waals surface area (Å²) in [6, 6.07) is 0. The summed E-state index contributed by atoms with van der Waals surface area (Å²) in [7, 11) is 0. The van der Waals surface area contributed by atoms with Crippen molar-refractivity contribution in [3.63, 3.8) is 0 Å². The Hall–Kier alpha value is -1.10. The maximum absolute atomic E-state index is 12.1. The van der Waals surface area contributed by atoms with Crippen molar-refractivity contribution in [1.82, 2.24) is 0 Å². The number of hydrogen-bond donors (Lipinski definition) is 0. The van der Waals surface area contributed by atoms with Crippen LogP contribution in [0.1, 0.15) is 47.0 Å². The molecular formula is C14H26O5. The Morgan fingerprint density at radius 1 is 0.895 bits per heavy atom. The molecule has 0 bridgehead atoms. The summed E-state index contributed by atoms with van der Waals surface area (Å²) in [5.74, 6) is -0.986. The van der Waals surface area contributed by atoms with Gasteiger partial charge in [-0.05, 0) is 40.0 Å². The second-order valence-corrected chi connectivity index (χ2v) is 4.18. The molecule has 0 aromatic rings. The van der Waals surface area contributed by atoms with E-state index in [1.807, 2.05) is 6.92 Å². The highest BCUT2D eigenvalue weighted by Gasteiger charge is 2.46. The molecule has 0 atom stereocenters. The fourth-order valence-electron chi connectivity index (χ4n) is 1.91. The van der Waals surface area contributed by atoms with Gasteiger partial charge < -0.3 is 14.2 Å². The molecule has 0 aliphatic carbocycles. The van der Waals surface area contributed by atoms with Crippen molar-refractivity contribution >= 4 is 11.9 Å². The van der Waals surface area contributed by atoms with E-state index in [4.69, 9.17) is 14.2 Å². The first kappa shape index (κ1) is 17.9. The monoisotopic (exact) mass is 274 g/mol. The van der Waals surface area contributed by atoms with Gasteiger partial charge in [-0.25, -0.2) is 0 Å². The van der Waals surface area contributed by atoms with E-state index in [9.17, 15) is 9.59 Å². The first-order chi connectivity index (χ1) is 9.08. The Morgan fingerprint density at radius 3 is 1.79 bits per heavy atom. The molecular weight excluding hydrogens is 248 g/mol. The molecule has 0 amide bonds. The minimum absolute atomic E-state index is 0.255. The number of carbonyl (C=O) groups is 2. The van der Waals surface area contributed by atoms with Crippen LogP contribution in [0.3, 0.4) is 0 Å². The van der Waals surface area contributed by atoms with Crippen LogP contribution in [0.4, 0.5) is 0 Å². The minimum atomic E-state index is -1.19. The Labute approximate surface area is 115 Å². The van der Waals surface area contributed by atoms with Crippen molar-refractivity contribution in [3.05, 3.63) is 0 Å². The molecule has 0 aromatic heterocycles. The smallest absolute Gasteiger partial charge is 0.323 e. The molecule has 0 aliphatic rings. The lowest BCUT2D eigenvalue weighted by atomic mass is 9.80. The van der Waals surface area contributed by atoms with E-state index in [1.165, 1.54) is 0 Å². The van der Waals surface area contributed by atoms with E-state index in [-0.39, 0.29) is 13.2 Å². The molecule has 0 saturated carbocycles. The number of carbonyl (C=O) groups excluding carboxylic acids is 2. The van der Waals surface area contributed by atoms with Gasteiger partial charge in [-0.1, -0.05) is 6.92 Å². The van der Waals surface area contributed by atoms with Crippen LogP contribution < -0.4 is 0 Å². The lowest BCUT2D eigenvalue weighted by Crippen LogP contribution is -2.42. The van der Waals surface area contributed by atoms with Crippen molar-refractivity contribution < 1.29 is 23.8 Å². The molecule has 0 radical (unpaired) electrons. The molecule has 0 fully saturated rings. The predicted molar refractivity (Wildman–Crippen MR) is 71.7 cm³/mol. The largest absolute Gasteiger partial charge is 0.465 e. The molecule has 5 nitrogen and oxygen atoms in total. The number of hydrogen-bond acceptors (Lipinski definition) is 5. The predicted octanol–water partition coefficient (Wildman–Crippen LogP) is 2.33. The number of ether oxygens (including phenoxy) is 3. The summed E-state index contributed by atoms with van der Waals surface area (Å²) in [6.07, 6.45) is 1.39. The first-order valence-corrected chi connectivity index (χ1v) is 7.01. The molecule has 0 heterocycles. The van der Waals surface area contributed by atoms with E-state index in [1.54, 1.807) is 20.8 Å². The number of rotatable bonds is 10. The Morgan fingerprint density at radius 2 is 1.42 bits per heavy atom. The molecule has 0 aliphatic heterocycles. The van der Waals surface area contributed by atoms with Crippen molar-refractivity contribution in [3.8, 4) is 0 Å². The highest BCUT2D eigenvalue weighted by atomic mass is 16.6. The van der Waals surface area contributed by atoms with Crippen LogP contribution in [-0.2, 0) is 23.8 Å². The molecule has 0 spiro atoms. The molecule has 0 rings (SSSR count). The van der Waals surface area contributed by atoms with Crippen molar-refractivity contribution in [2.24, 2.45) is 5.41 Å². The lowest BCUT2D eigenvalue weighted by Gasteiger charge is -2.27. The fraction of sp³-hybridized carbons (Fsp3) is 0.857. The van der Waals surface area contributed by atoms with Gasteiger partial charge in [0.05, 0.1) is 13.2 Å². The molecule has 0 aromatic carbocycles. The zero-order chi connectivity index (χ0) is 14.7. The second-order valence-electron chi connectivity index (χ2n) is 4.18. The summed E-state index contributed by atoms with van der Waals surface area (Å²) in [4.78, 5) is 24.2. The standard InChI is InChI=1S/C14H26O5/c1-5-14(12(15)18-7-3,13(16)19-8-4)10-9-11-17-6-2/h5-11H2,1-4H3. The third kappa shape index (κ3) is 5.19. The summed E-state index contributed by atoms with van der Waals surface area (Å²) >= 11 is 0. The van der Waals surface area contributed by atoms with Crippen molar-refractivity contribution in [1.29, 1.82) is 0 Å². The quantitative estimate of drug-likeness (QED) is 0.347. The van der Waals surface area contributed by atoms with Gasteiger partial charge in [-0.3, -0.25) is 9.59 Å². The highest BCUT2D eigenvalue weighted by Crippen LogP contribution is 2.32. The summed E-state index contributed by atoms with van der Waals surface area (Å²) in [5.41, 5.74) is -1.19. The van der Waals surface area contributed by atoms with Gasteiger partial charge in [-0.15, -0.1) is 0 Å². The van der Waals surface area contributed by atoms with Crippen molar-refractivity contribution in [2.75, 3.05) is 26.4 Å². The first-order valence-electron chi connectivity index (χ1n) is 7.01. The van der Waals surface area contributed by atoms with Crippen molar-refractivity contribution in [2.45, 2.75) is 47.0 Å². The van der Waals surface area contributed by atoms with Crippen LogP contribution in [0.15, 0.2) is 0 Å². The Bertz CT molecular complexity index is 257. The van der Waals surface area contributed by atoms with Crippen LogP contribution in [0, 0.1) is 5.41 Å². The van der Waals surface area contributed by atoms with Gasteiger partial charge in [0.1, 0.15) is 0 Å². The molecule has 19 heavy (non-hydrogen) atoms. The van der Waals surface area contributed by atoms with E-state index in [0.717, 1.165) is 0 Å². The lowest BCUT2D eigenvalue weighted by molar-refractivity contribution is -0.173. The topological polar surface area (TPSA) is 61.8 Å². The summed E-state index contributed by atoms with van der Waals surface area (Å²) < 4.78 is 15.3. The third-order valence-electron chi connectivity index (χ3n) is 3.03. The van der Waals surface area contributed by atoms with Crippen LogP contribution in [0.5, 0.6) is 0 Å². The average Bonchev–Trinajstić information content (AvgIpc) is 2.40. The third-order valence-corrected chi connectivity index (χ3v) is 3.03. The summed E-state index contributed by atoms with van der Waals surface area (Å²) in [6.45, 7) is 8.82. The molecule has 112 valence electrons.